The number of hydrogen-bond acceptors (Lipinski definition) is 10. The third-order valence-electron chi connectivity index (χ3n) is 6.23. The number of carbonyl (C=O) groups excluding carboxylic acids is 1. The van der Waals surface area contributed by atoms with Gasteiger partial charge in [0, 0.05) is 0 Å². The molecular weight excluding hydrogens is 576 g/mol. The molecule has 210 valence electrons. The average Bonchev–Trinajstić information content (AvgIpc) is 3.44. The Morgan fingerprint density at radius 2 is 1.44 bits per heavy atom. The lowest BCUT2D eigenvalue weighted by molar-refractivity contribution is -0.114. The standard InChI is InChI=1S/C25H20N6O8S2/c1-2-15(23-22(14-27)29-31(25(23)33)17-6-10-19(11-7-17)41(37,38)39)3-12-20-21(13-26)28-30(24(20)32)16-4-8-18(9-5-16)40(34,35)36/h4-11,32H,2-3,12H2,1H3,(H,34,35,36)(H,37,38,39). The maximum Gasteiger partial charge on any atom is 0.294 e. The van der Waals surface area contributed by atoms with Crippen molar-refractivity contribution in [1.29, 1.82) is 10.5 Å². The number of hydrazone groups is 1. The van der Waals surface area contributed by atoms with Crippen molar-refractivity contribution in [3.8, 4) is 23.7 Å². The molecule has 16 heteroatoms. The fourth-order valence-corrected chi connectivity index (χ4v) is 5.15. The van der Waals surface area contributed by atoms with Gasteiger partial charge in [0.05, 0.1) is 32.3 Å². The molecule has 0 spiro atoms. The molecule has 0 atom stereocenters. The average molecular weight is 597 g/mol. The topological polar surface area (TPSA) is 227 Å². The molecule has 1 aromatic heterocycles. The summed E-state index contributed by atoms with van der Waals surface area (Å²) in [5.41, 5.74) is 0.760. The van der Waals surface area contributed by atoms with Crippen molar-refractivity contribution in [2.75, 3.05) is 5.01 Å². The van der Waals surface area contributed by atoms with Crippen molar-refractivity contribution in [3.05, 3.63) is 70.9 Å². The first-order valence-corrected chi connectivity index (χ1v) is 14.6. The molecule has 0 saturated carbocycles. The minimum Gasteiger partial charge on any atom is -0.493 e. The van der Waals surface area contributed by atoms with Gasteiger partial charge < -0.3 is 5.11 Å². The summed E-state index contributed by atoms with van der Waals surface area (Å²) in [6, 6.07) is 13.2. The van der Waals surface area contributed by atoms with Crippen LogP contribution < -0.4 is 5.01 Å². The first kappa shape index (κ1) is 29.1. The largest absolute Gasteiger partial charge is 0.493 e. The second-order valence-corrected chi connectivity index (χ2v) is 11.5. The number of carbonyl (C=O) groups is 1. The Balaban J connectivity index is 1.64. The Labute approximate surface area is 234 Å². The molecule has 0 unspecified atom stereocenters. The van der Waals surface area contributed by atoms with Crippen LogP contribution in [0, 0.1) is 22.7 Å². The molecule has 3 N–H and O–H groups in total. The fraction of sp³-hybridized carbons (Fsp3) is 0.160. The maximum absolute atomic E-state index is 13.3. The first-order chi connectivity index (χ1) is 19.3. The molecule has 3 aromatic rings. The molecule has 0 radical (unpaired) electrons. The minimum atomic E-state index is -4.45. The molecule has 0 aliphatic carbocycles. The van der Waals surface area contributed by atoms with Crippen LogP contribution in [0.2, 0.25) is 0 Å². The van der Waals surface area contributed by atoms with E-state index < -0.39 is 32.0 Å². The summed E-state index contributed by atoms with van der Waals surface area (Å²) in [5, 5.41) is 39.2. The van der Waals surface area contributed by atoms with E-state index in [9.17, 15) is 41.8 Å². The molecule has 0 bridgehead atoms. The van der Waals surface area contributed by atoms with Gasteiger partial charge in [-0.3, -0.25) is 13.9 Å². The molecule has 1 aliphatic rings. The van der Waals surface area contributed by atoms with Gasteiger partial charge in [0.15, 0.2) is 11.4 Å². The second-order valence-electron chi connectivity index (χ2n) is 8.62. The van der Waals surface area contributed by atoms with Gasteiger partial charge in [-0.25, -0.2) is 0 Å². The monoisotopic (exact) mass is 596 g/mol. The van der Waals surface area contributed by atoms with E-state index >= 15 is 0 Å². The highest BCUT2D eigenvalue weighted by Crippen LogP contribution is 2.32. The number of allylic oxidation sites excluding steroid dienone is 1. The highest BCUT2D eigenvalue weighted by atomic mass is 32.2. The summed E-state index contributed by atoms with van der Waals surface area (Å²) >= 11 is 0. The first-order valence-electron chi connectivity index (χ1n) is 11.7. The quantitative estimate of drug-likeness (QED) is 0.253. The van der Waals surface area contributed by atoms with E-state index in [0.717, 1.165) is 34.0 Å². The summed E-state index contributed by atoms with van der Waals surface area (Å²) in [4.78, 5) is 12.5. The van der Waals surface area contributed by atoms with Crippen LogP contribution in [0.4, 0.5) is 5.69 Å². The van der Waals surface area contributed by atoms with Crippen LogP contribution >= 0.6 is 0 Å². The van der Waals surface area contributed by atoms with Crippen molar-refractivity contribution in [3.63, 3.8) is 0 Å². The van der Waals surface area contributed by atoms with Crippen molar-refractivity contribution < 1.29 is 35.8 Å². The van der Waals surface area contributed by atoms with E-state index in [0.29, 0.717) is 12.0 Å². The number of aromatic hydroxyl groups is 1. The zero-order chi connectivity index (χ0) is 30.1. The third-order valence-corrected chi connectivity index (χ3v) is 7.96. The van der Waals surface area contributed by atoms with Crippen molar-refractivity contribution >= 4 is 37.5 Å². The zero-order valence-corrected chi connectivity index (χ0v) is 22.8. The van der Waals surface area contributed by atoms with Crippen LogP contribution in [-0.4, -0.2) is 52.4 Å². The van der Waals surface area contributed by atoms with Crippen LogP contribution in [0.25, 0.3) is 5.69 Å². The van der Waals surface area contributed by atoms with Crippen molar-refractivity contribution in [1.82, 2.24) is 9.78 Å². The van der Waals surface area contributed by atoms with Crippen LogP contribution in [0.5, 0.6) is 5.88 Å². The van der Waals surface area contributed by atoms with Gasteiger partial charge in [-0.05, 0) is 67.8 Å². The number of nitrogens with zero attached hydrogens (tertiary/aromatic N) is 6. The summed E-state index contributed by atoms with van der Waals surface area (Å²) < 4.78 is 64.6. The molecule has 2 aromatic carbocycles. The van der Waals surface area contributed by atoms with Gasteiger partial charge in [-0.2, -0.15) is 47.3 Å². The van der Waals surface area contributed by atoms with Crippen molar-refractivity contribution in [2.45, 2.75) is 36.0 Å². The van der Waals surface area contributed by atoms with Crippen LogP contribution in [0.15, 0.2) is 74.6 Å². The molecule has 14 nitrogen and oxygen atoms in total. The van der Waals surface area contributed by atoms with E-state index in [1.165, 1.54) is 24.3 Å². The van der Waals surface area contributed by atoms with Gasteiger partial charge in [0.25, 0.3) is 26.1 Å². The number of benzene rings is 2. The smallest absolute Gasteiger partial charge is 0.294 e. The summed E-state index contributed by atoms with van der Waals surface area (Å²) in [6.07, 6.45) is 0.480. The number of amides is 1. The molecule has 0 saturated heterocycles. The molecular formula is C25H20N6O8S2. The van der Waals surface area contributed by atoms with E-state index in [1.54, 1.807) is 6.92 Å². The molecule has 41 heavy (non-hydrogen) atoms. The molecule has 1 aliphatic heterocycles. The summed E-state index contributed by atoms with van der Waals surface area (Å²) in [7, 11) is -8.89. The number of nitriles is 2. The summed E-state index contributed by atoms with van der Waals surface area (Å²) in [5.74, 6) is -1.04. The number of anilines is 1. The normalized spacial score (nSPS) is 14.9. The number of aromatic nitrogens is 2. The minimum absolute atomic E-state index is 0.0278. The van der Waals surface area contributed by atoms with E-state index in [2.05, 4.69) is 10.2 Å². The van der Waals surface area contributed by atoms with Gasteiger partial charge in [0.2, 0.25) is 5.88 Å². The zero-order valence-electron chi connectivity index (χ0n) is 21.1. The Morgan fingerprint density at radius 3 is 1.90 bits per heavy atom. The lowest BCUT2D eigenvalue weighted by Gasteiger charge is -2.13. The second kappa shape index (κ2) is 11.0. The number of rotatable bonds is 8. The highest BCUT2D eigenvalue weighted by Gasteiger charge is 2.34. The third kappa shape index (κ3) is 5.72. The lowest BCUT2D eigenvalue weighted by Crippen LogP contribution is -2.22. The number of hydrogen-bond donors (Lipinski definition) is 3. The highest BCUT2D eigenvalue weighted by molar-refractivity contribution is 7.86. The Morgan fingerprint density at radius 1 is 0.902 bits per heavy atom. The van der Waals surface area contributed by atoms with E-state index in [4.69, 9.17) is 4.55 Å². The van der Waals surface area contributed by atoms with E-state index in [1.807, 2.05) is 12.1 Å². The van der Waals surface area contributed by atoms with Gasteiger partial charge >= 0.3 is 0 Å². The summed E-state index contributed by atoms with van der Waals surface area (Å²) in [6.45, 7) is 1.75. The Kier molecular flexibility index (Phi) is 7.78. The SMILES string of the molecule is CCC(CCc1c(C#N)nn(-c2ccc(S(=O)(=O)O)cc2)c1O)=C1C(=O)N(c2ccc(S(=O)(=O)O)cc2)N=C1C#N. The molecule has 1 amide bonds. The maximum atomic E-state index is 13.3. The van der Waals surface area contributed by atoms with Gasteiger partial charge in [-0.15, -0.1) is 0 Å². The van der Waals surface area contributed by atoms with Crippen LogP contribution in [0.1, 0.15) is 31.0 Å². The predicted octanol–water partition coefficient (Wildman–Crippen LogP) is 2.51. The van der Waals surface area contributed by atoms with Gasteiger partial charge in [-0.1, -0.05) is 12.5 Å². The fourth-order valence-electron chi connectivity index (χ4n) is 4.19. The molecule has 0 fully saturated rings. The van der Waals surface area contributed by atoms with Gasteiger partial charge in [0.1, 0.15) is 12.1 Å². The predicted molar refractivity (Wildman–Crippen MR) is 142 cm³/mol. The van der Waals surface area contributed by atoms with Crippen molar-refractivity contribution in [2.24, 2.45) is 5.10 Å². The van der Waals surface area contributed by atoms with E-state index in [-0.39, 0.29) is 56.5 Å². The Bertz CT molecular complexity index is 1910. The lowest BCUT2D eigenvalue weighted by atomic mass is 9.95. The Hall–Kier alpha value is -4.87. The molecule has 4 rings (SSSR count). The molecule has 2 heterocycles. The van der Waals surface area contributed by atoms with Crippen LogP contribution in [0.3, 0.4) is 0 Å². The van der Waals surface area contributed by atoms with Crippen LogP contribution in [-0.2, 0) is 31.5 Å².